The number of ether oxygens (including phenoxy) is 1. The summed E-state index contributed by atoms with van der Waals surface area (Å²) < 4.78 is 5.80. The monoisotopic (exact) mass is 260 g/mol. The predicted octanol–water partition coefficient (Wildman–Crippen LogP) is 4.21. The van der Waals surface area contributed by atoms with Crippen molar-refractivity contribution in [2.75, 3.05) is 0 Å². The molecule has 2 aromatic carbocycles. The summed E-state index contributed by atoms with van der Waals surface area (Å²) in [7, 11) is 0. The molecule has 96 valence electrons. The third-order valence-electron chi connectivity index (χ3n) is 3.05. The molecule has 0 saturated heterocycles. The molecule has 1 aromatic heterocycles. The zero-order valence-corrected chi connectivity index (χ0v) is 11.0. The molecule has 3 nitrogen and oxygen atoms in total. The number of aromatic nitrogens is 1. The Kier molecular flexibility index (Phi) is 3.06. The van der Waals surface area contributed by atoms with Crippen LogP contribution in [0, 0.1) is 18.3 Å². The summed E-state index contributed by atoms with van der Waals surface area (Å²) in [6, 6.07) is 17.4. The summed E-state index contributed by atoms with van der Waals surface area (Å²) in [4.78, 5) is 4.35. The van der Waals surface area contributed by atoms with Crippen LogP contribution in [-0.2, 0) is 0 Å². The number of fused-ring (bicyclic) bond motifs is 1. The van der Waals surface area contributed by atoms with Crippen molar-refractivity contribution in [2.24, 2.45) is 0 Å². The van der Waals surface area contributed by atoms with Crippen LogP contribution in [0.2, 0.25) is 0 Å². The fourth-order valence-corrected chi connectivity index (χ4v) is 2.04. The summed E-state index contributed by atoms with van der Waals surface area (Å²) in [5.74, 6) is 1.19. The first-order valence-corrected chi connectivity index (χ1v) is 6.30. The zero-order valence-electron chi connectivity index (χ0n) is 11.0. The molecule has 0 aliphatic carbocycles. The summed E-state index contributed by atoms with van der Waals surface area (Å²) in [6.45, 7) is 1.96. The van der Waals surface area contributed by atoms with E-state index in [0.29, 0.717) is 17.1 Å². The highest BCUT2D eigenvalue weighted by Crippen LogP contribution is 2.27. The first kappa shape index (κ1) is 12.2. The van der Waals surface area contributed by atoms with Crippen LogP contribution >= 0.6 is 0 Å². The molecular formula is C17H12N2O. The van der Waals surface area contributed by atoms with E-state index in [0.717, 1.165) is 16.5 Å². The molecule has 3 aromatic rings. The standard InChI is InChI=1S/C17H12N2O/c1-12-6-7-14(10-18)17(8-12)20-15-9-13-4-2-3-5-16(13)19-11-15/h2-9,11H,1H3. The Hall–Kier alpha value is -2.86. The summed E-state index contributed by atoms with van der Waals surface area (Å²) in [5.41, 5.74) is 2.49. The van der Waals surface area contributed by atoms with Crippen molar-refractivity contribution in [3.63, 3.8) is 0 Å². The van der Waals surface area contributed by atoms with E-state index in [4.69, 9.17) is 10.00 Å². The van der Waals surface area contributed by atoms with Crippen LogP contribution in [0.4, 0.5) is 0 Å². The minimum atomic E-state index is 0.517. The third-order valence-corrected chi connectivity index (χ3v) is 3.05. The quantitative estimate of drug-likeness (QED) is 0.693. The van der Waals surface area contributed by atoms with Gasteiger partial charge in [-0.1, -0.05) is 24.3 Å². The van der Waals surface area contributed by atoms with Crippen molar-refractivity contribution in [3.8, 4) is 17.6 Å². The maximum absolute atomic E-state index is 9.11. The van der Waals surface area contributed by atoms with E-state index in [1.807, 2.05) is 49.4 Å². The molecular weight excluding hydrogens is 248 g/mol. The van der Waals surface area contributed by atoms with Crippen molar-refractivity contribution in [1.82, 2.24) is 4.98 Å². The van der Waals surface area contributed by atoms with Gasteiger partial charge in [0.15, 0.2) is 0 Å². The molecule has 0 radical (unpaired) electrons. The number of aryl methyl sites for hydroxylation is 1. The molecule has 0 atom stereocenters. The Morgan fingerprint density at radius 3 is 2.80 bits per heavy atom. The fraction of sp³-hybridized carbons (Fsp3) is 0.0588. The minimum absolute atomic E-state index is 0.517. The van der Waals surface area contributed by atoms with Gasteiger partial charge in [0.2, 0.25) is 0 Å². The van der Waals surface area contributed by atoms with E-state index in [9.17, 15) is 0 Å². The second-order valence-electron chi connectivity index (χ2n) is 4.58. The van der Waals surface area contributed by atoms with Crippen molar-refractivity contribution in [3.05, 3.63) is 65.9 Å². The molecule has 0 N–H and O–H groups in total. The Morgan fingerprint density at radius 2 is 1.95 bits per heavy atom. The van der Waals surface area contributed by atoms with Crippen molar-refractivity contribution in [1.29, 1.82) is 5.26 Å². The van der Waals surface area contributed by atoms with Gasteiger partial charge >= 0.3 is 0 Å². The molecule has 0 aliphatic heterocycles. The van der Waals surface area contributed by atoms with Gasteiger partial charge in [-0.05, 0) is 36.8 Å². The molecule has 0 bridgehead atoms. The second kappa shape index (κ2) is 5.02. The number of rotatable bonds is 2. The van der Waals surface area contributed by atoms with Crippen molar-refractivity contribution < 1.29 is 4.74 Å². The van der Waals surface area contributed by atoms with Crippen LogP contribution in [0.3, 0.4) is 0 Å². The van der Waals surface area contributed by atoms with Gasteiger partial charge in [0.25, 0.3) is 0 Å². The predicted molar refractivity (Wildman–Crippen MR) is 77.7 cm³/mol. The zero-order chi connectivity index (χ0) is 13.9. The van der Waals surface area contributed by atoms with Crippen LogP contribution in [0.1, 0.15) is 11.1 Å². The molecule has 20 heavy (non-hydrogen) atoms. The number of para-hydroxylation sites is 1. The molecule has 1 heterocycles. The molecule has 0 saturated carbocycles. The SMILES string of the molecule is Cc1ccc(C#N)c(Oc2cnc3ccccc3c2)c1. The van der Waals surface area contributed by atoms with Gasteiger partial charge in [-0.15, -0.1) is 0 Å². The largest absolute Gasteiger partial charge is 0.454 e. The maximum Gasteiger partial charge on any atom is 0.146 e. The Balaban J connectivity index is 2.01. The van der Waals surface area contributed by atoms with Crippen LogP contribution in [0.15, 0.2) is 54.7 Å². The van der Waals surface area contributed by atoms with Crippen LogP contribution in [0.5, 0.6) is 11.5 Å². The number of nitriles is 1. The number of hydrogen-bond acceptors (Lipinski definition) is 3. The van der Waals surface area contributed by atoms with Gasteiger partial charge in [0.1, 0.15) is 17.6 Å². The van der Waals surface area contributed by atoms with Gasteiger partial charge in [-0.25, -0.2) is 0 Å². The van der Waals surface area contributed by atoms with Gasteiger partial charge in [0.05, 0.1) is 17.3 Å². The lowest BCUT2D eigenvalue weighted by Crippen LogP contribution is -1.90. The molecule has 3 heteroatoms. The molecule has 0 amide bonds. The Bertz CT molecular complexity index is 819. The second-order valence-corrected chi connectivity index (χ2v) is 4.58. The highest BCUT2D eigenvalue weighted by atomic mass is 16.5. The Labute approximate surface area is 117 Å². The lowest BCUT2D eigenvalue weighted by atomic mass is 10.1. The van der Waals surface area contributed by atoms with Crippen molar-refractivity contribution >= 4 is 10.9 Å². The number of nitrogens with zero attached hydrogens (tertiary/aromatic N) is 2. The fourth-order valence-electron chi connectivity index (χ4n) is 2.04. The molecule has 0 spiro atoms. The highest BCUT2D eigenvalue weighted by molar-refractivity contribution is 5.79. The van der Waals surface area contributed by atoms with E-state index in [1.54, 1.807) is 12.3 Å². The number of hydrogen-bond donors (Lipinski definition) is 0. The third kappa shape index (κ3) is 2.32. The maximum atomic E-state index is 9.11. The lowest BCUT2D eigenvalue weighted by molar-refractivity contribution is 0.479. The molecule has 3 rings (SSSR count). The van der Waals surface area contributed by atoms with Gasteiger partial charge < -0.3 is 4.74 Å². The normalized spacial score (nSPS) is 10.2. The van der Waals surface area contributed by atoms with Gasteiger partial charge in [-0.3, -0.25) is 4.98 Å². The number of benzene rings is 2. The van der Waals surface area contributed by atoms with E-state index in [-0.39, 0.29) is 0 Å². The van der Waals surface area contributed by atoms with Gasteiger partial charge in [-0.2, -0.15) is 5.26 Å². The highest BCUT2D eigenvalue weighted by Gasteiger charge is 2.06. The lowest BCUT2D eigenvalue weighted by Gasteiger charge is -2.08. The average molecular weight is 260 g/mol. The van der Waals surface area contributed by atoms with E-state index in [1.165, 1.54) is 0 Å². The molecule has 0 aliphatic rings. The van der Waals surface area contributed by atoms with Gasteiger partial charge in [0, 0.05) is 5.39 Å². The summed E-state index contributed by atoms with van der Waals surface area (Å²) in [6.07, 6.45) is 1.67. The van der Waals surface area contributed by atoms with E-state index < -0.39 is 0 Å². The van der Waals surface area contributed by atoms with Crippen LogP contribution in [-0.4, -0.2) is 4.98 Å². The number of pyridine rings is 1. The Morgan fingerprint density at radius 1 is 1.10 bits per heavy atom. The average Bonchev–Trinajstić information content (AvgIpc) is 2.47. The van der Waals surface area contributed by atoms with Crippen molar-refractivity contribution in [2.45, 2.75) is 6.92 Å². The first-order chi connectivity index (χ1) is 9.76. The van der Waals surface area contributed by atoms with Crippen LogP contribution < -0.4 is 4.74 Å². The summed E-state index contributed by atoms with van der Waals surface area (Å²) in [5, 5.41) is 10.1. The smallest absolute Gasteiger partial charge is 0.146 e. The first-order valence-electron chi connectivity index (χ1n) is 6.30. The molecule has 0 unspecified atom stereocenters. The summed E-state index contributed by atoms with van der Waals surface area (Å²) >= 11 is 0. The van der Waals surface area contributed by atoms with E-state index in [2.05, 4.69) is 11.1 Å². The topological polar surface area (TPSA) is 45.9 Å². The molecule has 0 fully saturated rings. The van der Waals surface area contributed by atoms with E-state index >= 15 is 0 Å². The van der Waals surface area contributed by atoms with Crippen LogP contribution in [0.25, 0.3) is 10.9 Å². The minimum Gasteiger partial charge on any atom is -0.454 e.